The first-order valence-corrected chi connectivity index (χ1v) is 13.4. The fourth-order valence-electron chi connectivity index (χ4n) is 4.50. The minimum absolute atomic E-state index is 0.154. The molecule has 5 rings (SSSR count). The summed E-state index contributed by atoms with van der Waals surface area (Å²) in [4.78, 5) is 25.6. The number of thiophene rings is 1. The van der Waals surface area contributed by atoms with E-state index in [1.165, 1.54) is 23.5 Å². The minimum atomic E-state index is -0.901. The molecular weight excluding hydrogens is 548 g/mol. The number of hydrogen-bond acceptors (Lipinski definition) is 4. The van der Waals surface area contributed by atoms with Crippen molar-refractivity contribution in [1.29, 1.82) is 0 Å². The largest absolute Gasteiger partial charge is 0.481 e. The van der Waals surface area contributed by atoms with Gasteiger partial charge in [-0.25, -0.2) is 9.18 Å². The summed E-state index contributed by atoms with van der Waals surface area (Å²) in [5, 5.41) is 12.8. The molecule has 38 heavy (non-hydrogen) atoms. The van der Waals surface area contributed by atoms with Gasteiger partial charge in [0.25, 0.3) is 0 Å². The van der Waals surface area contributed by atoms with Gasteiger partial charge < -0.3 is 9.84 Å². The Labute approximate surface area is 232 Å². The van der Waals surface area contributed by atoms with Crippen molar-refractivity contribution in [2.45, 2.75) is 31.3 Å². The molecule has 0 spiro atoms. The first-order chi connectivity index (χ1) is 18.2. The molecule has 1 aliphatic rings. The highest BCUT2D eigenvalue weighted by Crippen LogP contribution is 2.51. The third kappa shape index (κ3) is 5.14. The number of anilines is 1. The predicted octanol–water partition coefficient (Wildman–Crippen LogP) is 8.95. The molecule has 3 aromatic carbocycles. The first-order valence-electron chi connectivity index (χ1n) is 11.8. The second-order valence-electron chi connectivity index (χ2n) is 9.15. The van der Waals surface area contributed by atoms with Gasteiger partial charge in [-0.3, -0.25) is 10.1 Å². The van der Waals surface area contributed by atoms with Crippen molar-refractivity contribution in [3.05, 3.63) is 99.1 Å². The van der Waals surface area contributed by atoms with Crippen LogP contribution in [0.4, 0.5) is 14.9 Å². The van der Waals surface area contributed by atoms with Gasteiger partial charge in [0.1, 0.15) is 11.9 Å². The fourth-order valence-corrected chi connectivity index (χ4v) is 6.03. The lowest BCUT2D eigenvalue weighted by Gasteiger charge is -2.18. The van der Waals surface area contributed by atoms with E-state index in [2.05, 4.69) is 5.32 Å². The number of benzene rings is 3. The highest BCUT2D eigenvalue weighted by atomic mass is 35.5. The number of rotatable bonds is 7. The van der Waals surface area contributed by atoms with Gasteiger partial charge in [0.2, 0.25) is 0 Å². The number of hydrogen-bond donors (Lipinski definition) is 2. The summed E-state index contributed by atoms with van der Waals surface area (Å²) in [6.07, 6.45) is -0.345. The van der Waals surface area contributed by atoms with E-state index in [1.807, 2.05) is 48.5 Å². The van der Waals surface area contributed by atoms with E-state index in [1.54, 1.807) is 13.0 Å². The summed E-state index contributed by atoms with van der Waals surface area (Å²) in [5.74, 6) is -1.34. The monoisotopic (exact) mass is 569 g/mol. The molecule has 1 unspecified atom stereocenters. The Morgan fingerprint density at radius 3 is 2.42 bits per heavy atom. The van der Waals surface area contributed by atoms with Crippen LogP contribution >= 0.6 is 34.5 Å². The van der Waals surface area contributed by atoms with Crippen LogP contribution in [0.3, 0.4) is 0 Å². The molecule has 9 heteroatoms. The second-order valence-corrected chi connectivity index (χ2v) is 11.2. The van der Waals surface area contributed by atoms with E-state index in [4.69, 9.17) is 27.9 Å². The van der Waals surface area contributed by atoms with Crippen molar-refractivity contribution in [3.8, 4) is 21.6 Å². The standard InChI is InChI=1S/C29H22Cl2FNO4S/c1-16(20-10-8-19(32)14-23(20)30)37-28(36)33-24-15-25(31)38-26(24)22-13-18(29(11-12-29)27(34)35)7-9-21(22)17-5-3-2-4-6-17/h2-10,13-16H,11-12H2,1H3,(H,33,36)(H,34,35). The van der Waals surface area contributed by atoms with E-state index >= 15 is 0 Å². The number of ether oxygens (including phenoxy) is 1. The van der Waals surface area contributed by atoms with Crippen LogP contribution in [0, 0.1) is 5.82 Å². The highest BCUT2D eigenvalue weighted by molar-refractivity contribution is 7.20. The van der Waals surface area contributed by atoms with Crippen LogP contribution in [0.5, 0.6) is 0 Å². The summed E-state index contributed by atoms with van der Waals surface area (Å²) < 4.78 is 19.4. The molecule has 0 radical (unpaired) electrons. The van der Waals surface area contributed by atoms with Crippen LogP contribution in [0.1, 0.15) is 37.0 Å². The molecule has 1 aliphatic carbocycles. The van der Waals surface area contributed by atoms with Gasteiger partial charge >= 0.3 is 12.1 Å². The van der Waals surface area contributed by atoms with Crippen molar-refractivity contribution >= 4 is 52.3 Å². The Hall–Kier alpha value is -3.39. The zero-order valence-corrected chi connectivity index (χ0v) is 22.5. The molecule has 5 nitrogen and oxygen atoms in total. The van der Waals surface area contributed by atoms with E-state index < -0.39 is 29.4 Å². The van der Waals surface area contributed by atoms with Crippen molar-refractivity contribution in [1.82, 2.24) is 0 Å². The van der Waals surface area contributed by atoms with Crippen LogP contribution in [0.2, 0.25) is 9.36 Å². The molecule has 194 valence electrons. The van der Waals surface area contributed by atoms with Gasteiger partial charge in [0, 0.05) is 11.1 Å². The Morgan fingerprint density at radius 2 is 1.76 bits per heavy atom. The number of halogens is 3. The number of carboxylic acids is 1. The quantitative estimate of drug-likeness (QED) is 0.233. The molecule has 4 aromatic rings. The molecular formula is C29H22Cl2FNO4S. The zero-order valence-electron chi connectivity index (χ0n) is 20.1. The molecule has 1 amide bonds. The van der Waals surface area contributed by atoms with Gasteiger partial charge in [0.15, 0.2) is 0 Å². The average Bonchev–Trinajstić information content (AvgIpc) is 3.62. The maximum Gasteiger partial charge on any atom is 0.412 e. The number of carbonyl (C=O) groups excluding carboxylic acids is 1. The minimum Gasteiger partial charge on any atom is -0.481 e. The van der Waals surface area contributed by atoms with E-state index in [0.29, 0.717) is 38.9 Å². The molecule has 2 N–H and O–H groups in total. The van der Waals surface area contributed by atoms with Gasteiger partial charge in [-0.1, -0.05) is 71.7 Å². The number of carbonyl (C=O) groups is 2. The van der Waals surface area contributed by atoms with Crippen molar-refractivity contribution in [2.75, 3.05) is 5.32 Å². The van der Waals surface area contributed by atoms with Crippen LogP contribution in [-0.4, -0.2) is 17.2 Å². The number of aliphatic carboxylic acids is 1. The lowest BCUT2D eigenvalue weighted by molar-refractivity contribution is -0.140. The summed E-state index contributed by atoms with van der Waals surface area (Å²) >= 11 is 13.8. The molecule has 1 aromatic heterocycles. The van der Waals surface area contributed by atoms with Crippen molar-refractivity contribution in [2.24, 2.45) is 0 Å². The fraction of sp³-hybridized carbons (Fsp3) is 0.172. The number of amides is 1. The molecule has 1 fully saturated rings. The Kier molecular flexibility index (Phi) is 7.18. The third-order valence-corrected chi connectivity index (χ3v) is 8.31. The van der Waals surface area contributed by atoms with E-state index in [0.717, 1.165) is 22.8 Å². The summed E-state index contributed by atoms with van der Waals surface area (Å²) in [7, 11) is 0. The molecule has 1 saturated carbocycles. The average molecular weight is 570 g/mol. The van der Waals surface area contributed by atoms with Crippen LogP contribution in [0.15, 0.2) is 72.8 Å². The summed E-state index contributed by atoms with van der Waals surface area (Å²) in [6.45, 7) is 1.64. The SMILES string of the molecule is CC(OC(=O)Nc1cc(Cl)sc1-c1cc(C2(C(=O)O)CC2)ccc1-c1ccccc1)c1ccc(F)cc1Cl. The third-order valence-electron chi connectivity index (χ3n) is 6.68. The van der Waals surface area contributed by atoms with Crippen LogP contribution < -0.4 is 5.32 Å². The molecule has 1 atom stereocenters. The highest BCUT2D eigenvalue weighted by Gasteiger charge is 2.52. The normalized spacial score (nSPS) is 14.5. The van der Waals surface area contributed by atoms with Crippen LogP contribution in [0.25, 0.3) is 21.6 Å². The first kappa shape index (κ1) is 26.2. The molecule has 0 aliphatic heterocycles. The summed E-state index contributed by atoms with van der Waals surface area (Å²) in [6, 6.07) is 20.9. The molecule has 0 bridgehead atoms. The van der Waals surface area contributed by atoms with Gasteiger partial charge in [-0.2, -0.15) is 0 Å². The maximum absolute atomic E-state index is 13.4. The smallest absolute Gasteiger partial charge is 0.412 e. The van der Waals surface area contributed by atoms with Crippen molar-refractivity contribution < 1.29 is 23.8 Å². The zero-order chi connectivity index (χ0) is 27.0. The maximum atomic E-state index is 13.4. The van der Waals surface area contributed by atoms with Gasteiger partial charge in [0.05, 0.1) is 25.3 Å². The Balaban J connectivity index is 1.50. The van der Waals surface area contributed by atoms with E-state index in [9.17, 15) is 19.1 Å². The van der Waals surface area contributed by atoms with Crippen LogP contribution in [-0.2, 0) is 14.9 Å². The van der Waals surface area contributed by atoms with E-state index in [-0.39, 0.29) is 5.02 Å². The Bertz CT molecular complexity index is 1540. The van der Waals surface area contributed by atoms with Crippen molar-refractivity contribution in [3.63, 3.8) is 0 Å². The lowest BCUT2D eigenvalue weighted by Crippen LogP contribution is -2.19. The topological polar surface area (TPSA) is 75.6 Å². The molecule has 0 saturated heterocycles. The summed E-state index contributed by atoms with van der Waals surface area (Å²) in [5.41, 5.74) is 3.26. The van der Waals surface area contributed by atoms with Gasteiger partial charge in [-0.15, -0.1) is 11.3 Å². The molecule has 1 heterocycles. The number of nitrogens with one attached hydrogen (secondary N) is 1. The van der Waals surface area contributed by atoms with Gasteiger partial charge in [-0.05, 0) is 60.7 Å². The number of carboxylic acid groups (broad SMARTS) is 1. The predicted molar refractivity (Wildman–Crippen MR) is 149 cm³/mol. The second kappa shape index (κ2) is 10.4. The lowest BCUT2D eigenvalue weighted by atomic mass is 9.89. The Morgan fingerprint density at radius 1 is 1.03 bits per heavy atom.